The van der Waals surface area contributed by atoms with Gasteiger partial charge in [-0.25, -0.2) is 14.5 Å². The van der Waals surface area contributed by atoms with E-state index in [2.05, 4.69) is 35.9 Å². The number of ketones is 1. The average Bonchev–Trinajstić information content (AvgIpc) is 3.02. The van der Waals surface area contributed by atoms with Crippen LogP contribution in [-0.2, 0) is 24.7 Å². The van der Waals surface area contributed by atoms with Crippen LogP contribution in [0.25, 0.3) is 11.2 Å². The minimum atomic E-state index is -3.56. The van der Waals surface area contributed by atoms with E-state index in [0.29, 0.717) is 48.4 Å². The summed E-state index contributed by atoms with van der Waals surface area (Å²) in [6.07, 6.45) is 2.62. The summed E-state index contributed by atoms with van der Waals surface area (Å²) >= 11 is 0. The number of fused-ring (bicyclic) bond motifs is 1. The quantitative estimate of drug-likeness (QED) is 0.0692. The van der Waals surface area contributed by atoms with Crippen LogP contribution in [-0.4, -0.2) is 58.0 Å². The van der Waals surface area contributed by atoms with Crippen molar-refractivity contribution in [3.8, 4) is 0 Å². The zero-order chi connectivity index (χ0) is 32.2. The van der Waals surface area contributed by atoms with Crippen molar-refractivity contribution in [1.29, 1.82) is 0 Å². The Morgan fingerprint density at radius 1 is 0.956 bits per heavy atom. The number of anilines is 3. The Labute approximate surface area is 260 Å². The maximum absolute atomic E-state index is 12.9. The number of rotatable bonds is 17. The number of para-hydroxylation sites is 1. The number of carbonyl (C=O) groups is 2. The molecule has 4 rings (SSSR count). The molecule has 0 fully saturated rings. The van der Waals surface area contributed by atoms with Gasteiger partial charge in [0.1, 0.15) is 0 Å². The molecule has 238 valence electrons. The Morgan fingerprint density at radius 2 is 1.69 bits per heavy atom. The molecule has 2 heterocycles. The number of Topliss-reactive ketones (excluding diaryl/α,β-unsaturated/α-hetero) is 1. The number of amides is 1. The van der Waals surface area contributed by atoms with Gasteiger partial charge in [0.05, 0.1) is 49.5 Å². The summed E-state index contributed by atoms with van der Waals surface area (Å²) in [5, 5.41) is 9.04. The van der Waals surface area contributed by atoms with Crippen LogP contribution in [0.3, 0.4) is 0 Å². The van der Waals surface area contributed by atoms with Gasteiger partial charge in [-0.05, 0) is 70.0 Å². The smallest absolute Gasteiger partial charge is 0.379 e. The van der Waals surface area contributed by atoms with Crippen LogP contribution < -0.4 is 21.5 Å². The first-order valence-corrected chi connectivity index (χ1v) is 16.0. The normalized spacial score (nSPS) is 11.4. The third-order valence-electron chi connectivity index (χ3n) is 6.34. The molecule has 0 radical (unpaired) electrons. The first-order chi connectivity index (χ1) is 21.7. The van der Waals surface area contributed by atoms with Gasteiger partial charge in [-0.2, -0.15) is 4.98 Å². The molecule has 0 saturated carbocycles. The number of phosphoric ester groups is 1. The minimum absolute atomic E-state index is 0.0146. The molecule has 4 N–H and O–H groups in total. The van der Waals surface area contributed by atoms with Crippen molar-refractivity contribution in [3.63, 3.8) is 0 Å². The lowest BCUT2D eigenvalue weighted by atomic mass is 10.1. The fraction of sp³-hybridized carbons (Fsp3) is 0.333. The van der Waals surface area contributed by atoms with E-state index < -0.39 is 13.4 Å². The minimum Gasteiger partial charge on any atom is -0.379 e. The summed E-state index contributed by atoms with van der Waals surface area (Å²) in [7, 11) is -3.56. The summed E-state index contributed by atoms with van der Waals surface area (Å²) in [6, 6.07) is 13.8. The van der Waals surface area contributed by atoms with E-state index >= 15 is 0 Å². The number of hydrogen-bond acceptors (Lipinski definition) is 12. The molecule has 4 aromatic rings. The molecule has 2 aromatic carbocycles. The highest BCUT2D eigenvalue weighted by molar-refractivity contribution is 7.48. The van der Waals surface area contributed by atoms with Crippen LogP contribution in [0.1, 0.15) is 60.0 Å². The van der Waals surface area contributed by atoms with Crippen LogP contribution in [0.15, 0.2) is 59.5 Å². The van der Waals surface area contributed by atoms with Gasteiger partial charge in [0, 0.05) is 17.8 Å². The van der Waals surface area contributed by atoms with Crippen LogP contribution in [0, 0.1) is 0 Å². The van der Waals surface area contributed by atoms with Gasteiger partial charge in [-0.1, -0.05) is 12.1 Å². The summed E-state index contributed by atoms with van der Waals surface area (Å²) in [4.78, 5) is 53.0. The van der Waals surface area contributed by atoms with Gasteiger partial charge in [0.25, 0.3) is 11.5 Å². The van der Waals surface area contributed by atoms with Gasteiger partial charge in [0.15, 0.2) is 16.9 Å². The highest BCUT2D eigenvalue weighted by Gasteiger charge is 2.24. The summed E-state index contributed by atoms with van der Waals surface area (Å²) in [6.45, 7) is 6.14. The van der Waals surface area contributed by atoms with E-state index in [-0.39, 0.29) is 48.6 Å². The first-order valence-electron chi connectivity index (χ1n) is 14.5. The monoisotopic (exact) mass is 637 g/mol. The maximum Gasteiger partial charge on any atom is 0.474 e. The number of aromatic nitrogens is 4. The number of hydrogen-bond donors (Lipinski definition) is 4. The number of H-pyrrole nitrogens is 1. The van der Waals surface area contributed by atoms with Crippen molar-refractivity contribution in [2.24, 2.45) is 0 Å². The fourth-order valence-electron chi connectivity index (χ4n) is 4.16. The van der Waals surface area contributed by atoms with Gasteiger partial charge < -0.3 is 16.0 Å². The van der Waals surface area contributed by atoms with E-state index in [4.69, 9.17) is 13.6 Å². The summed E-state index contributed by atoms with van der Waals surface area (Å²) in [5.41, 5.74) is 2.42. The fourth-order valence-corrected chi connectivity index (χ4v) is 5.37. The number of aromatic amines is 1. The standard InChI is InChI=1S/C30H36N7O7P/c1-4-42-45(41,43-5-2)44-17-9-8-16-31-28(39)24-10-6-7-11-25(24)35-30-36-27-26(29(40)37-30)34-23(19-33-27)18-32-22-14-12-21(13-15-22)20(3)38/h6-7,10-15,19,32H,4-5,8-9,16-18H2,1-3H3,(H,31,39)(H2,33,35,36,37,40). The largest absolute Gasteiger partial charge is 0.474 e. The zero-order valence-electron chi connectivity index (χ0n) is 25.3. The van der Waals surface area contributed by atoms with E-state index in [1.807, 2.05) is 0 Å². The second-order valence-electron chi connectivity index (χ2n) is 9.68. The molecule has 0 atom stereocenters. The highest BCUT2D eigenvalue weighted by atomic mass is 31.2. The molecule has 15 heteroatoms. The van der Waals surface area contributed by atoms with Gasteiger partial charge >= 0.3 is 7.82 Å². The van der Waals surface area contributed by atoms with E-state index in [9.17, 15) is 18.9 Å². The maximum atomic E-state index is 12.9. The molecular weight excluding hydrogens is 601 g/mol. The number of nitrogens with zero attached hydrogens (tertiary/aromatic N) is 3. The van der Waals surface area contributed by atoms with Crippen LogP contribution in [0.4, 0.5) is 17.3 Å². The molecular formula is C30H36N7O7P. The summed E-state index contributed by atoms with van der Waals surface area (Å²) in [5.74, 6) is -0.243. The third kappa shape index (κ3) is 9.50. The van der Waals surface area contributed by atoms with Crippen molar-refractivity contribution in [1.82, 2.24) is 25.3 Å². The Bertz CT molecular complexity index is 1720. The summed E-state index contributed by atoms with van der Waals surface area (Å²) < 4.78 is 27.8. The topological polar surface area (TPSA) is 187 Å². The van der Waals surface area contributed by atoms with Gasteiger partial charge in [0.2, 0.25) is 5.95 Å². The van der Waals surface area contributed by atoms with Crippen molar-refractivity contribution >= 4 is 48.0 Å². The van der Waals surface area contributed by atoms with Crippen LogP contribution in [0.2, 0.25) is 0 Å². The Morgan fingerprint density at radius 3 is 2.40 bits per heavy atom. The molecule has 0 unspecified atom stereocenters. The number of unbranched alkanes of at least 4 members (excludes halogenated alkanes) is 1. The lowest BCUT2D eigenvalue weighted by Gasteiger charge is -2.16. The second-order valence-corrected chi connectivity index (χ2v) is 11.4. The Hall–Kier alpha value is -4.49. The van der Waals surface area contributed by atoms with E-state index in [0.717, 1.165) is 5.69 Å². The molecule has 0 spiro atoms. The lowest BCUT2D eigenvalue weighted by Crippen LogP contribution is -2.25. The SMILES string of the molecule is CCOP(=O)(OCC)OCCCCNC(=O)c1ccccc1Nc1nc2ncc(CNc3ccc(C(C)=O)cc3)nc2c(=O)[nH]1. The molecule has 14 nitrogen and oxygen atoms in total. The number of carbonyl (C=O) groups excluding carboxylic acids is 2. The van der Waals surface area contributed by atoms with Gasteiger partial charge in [-0.15, -0.1) is 0 Å². The Kier molecular flexibility index (Phi) is 11.9. The molecule has 0 bridgehead atoms. The van der Waals surface area contributed by atoms with Crippen LogP contribution >= 0.6 is 7.82 Å². The number of benzene rings is 2. The zero-order valence-corrected chi connectivity index (χ0v) is 26.2. The van der Waals surface area contributed by atoms with Crippen LogP contribution in [0.5, 0.6) is 0 Å². The Balaban J connectivity index is 1.34. The molecule has 2 aromatic heterocycles. The van der Waals surface area contributed by atoms with E-state index in [1.54, 1.807) is 62.4 Å². The first kappa shape index (κ1) is 33.4. The average molecular weight is 638 g/mol. The van der Waals surface area contributed by atoms with Gasteiger partial charge in [-0.3, -0.25) is 32.9 Å². The third-order valence-corrected chi connectivity index (χ3v) is 7.99. The van der Waals surface area contributed by atoms with Crippen molar-refractivity contribution in [2.75, 3.05) is 37.0 Å². The molecule has 0 aliphatic rings. The molecule has 45 heavy (non-hydrogen) atoms. The van der Waals surface area contributed by atoms with Crippen molar-refractivity contribution in [2.45, 2.75) is 40.2 Å². The molecule has 0 saturated heterocycles. The number of nitrogens with one attached hydrogen (secondary N) is 4. The predicted octanol–water partition coefficient (Wildman–Crippen LogP) is 4.98. The molecule has 0 aliphatic heterocycles. The molecule has 0 aliphatic carbocycles. The predicted molar refractivity (Wildman–Crippen MR) is 170 cm³/mol. The van der Waals surface area contributed by atoms with Crippen molar-refractivity contribution < 1.29 is 27.7 Å². The molecule has 1 amide bonds. The lowest BCUT2D eigenvalue weighted by molar-refractivity contribution is 0.0948. The number of phosphoric acid groups is 1. The second kappa shape index (κ2) is 16.0. The highest BCUT2D eigenvalue weighted by Crippen LogP contribution is 2.49. The van der Waals surface area contributed by atoms with Crippen molar-refractivity contribution in [3.05, 3.63) is 81.9 Å². The van der Waals surface area contributed by atoms with E-state index in [1.165, 1.54) is 13.1 Å².